The van der Waals surface area contributed by atoms with Crippen molar-refractivity contribution in [3.05, 3.63) is 36.2 Å². The summed E-state index contributed by atoms with van der Waals surface area (Å²) in [5, 5.41) is 3.75. The molecule has 4 heteroatoms. The van der Waals surface area contributed by atoms with Gasteiger partial charge in [0.2, 0.25) is 0 Å². The number of nitrogens with one attached hydrogen (secondary N) is 1. The number of nitrogens with zero attached hydrogens (tertiary/aromatic N) is 2. The molecule has 0 aromatic rings. The monoisotopic (exact) mass is 340 g/mol. The van der Waals surface area contributed by atoms with E-state index < -0.39 is 0 Å². The van der Waals surface area contributed by atoms with Gasteiger partial charge in [-0.3, -0.25) is 9.98 Å². The highest BCUT2D eigenvalue weighted by atomic mass is 15.0. The Bertz CT molecular complexity index is 597. The molecule has 0 unspecified atom stereocenters. The van der Waals surface area contributed by atoms with Crippen molar-refractivity contribution in [2.24, 2.45) is 21.6 Å². The fourth-order valence-corrected chi connectivity index (χ4v) is 4.30. The summed E-state index contributed by atoms with van der Waals surface area (Å²) >= 11 is 0. The normalized spacial score (nSPS) is 31.6. The van der Waals surface area contributed by atoms with E-state index in [-0.39, 0.29) is 0 Å². The molecule has 3 aliphatic carbocycles. The minimum atomic E-state index is 0.366. The van der Waals surface area contributed by atoms with Gasteiger partial charge >= 0.3 is 0 Å². The molecule has 2 fully saturated rings. The zero-order valence-corrected chi connectivity index (χ0v) is 15.5. The first-order chi connectivity index (χ1) is 12.2. The van der Waals surface area contributed by atoms with E-state index in [1.807, 2.05) is 7.05 Å². The van der Waals surface area contributed by atoms with E-state index in [2.05, 4.69) is 34.0 Å². The predicted octanol–water partition coefficient (Wildman–Crippen LogP) is 3.91. The average molecular weight is 341 g/mol. The SMILES string of the molecule is C=CN=C1C(NC2CCC(N)CC2)=CC(C2CCCCC2)=CC1=NC. The van der Waals surface area contributed by atoms with Crippen LogP contribution in [0.3, 0.4) is 0 Å². The summed E-state index contributed by atoms with van der Waals surface area (Å²) in [7, 11) is 1.85. The van der Waals surface area contributed by atoms with Crippen LogP contribution in [0.2, 0.25) is 0 Å². The lowest BCUT2D eigenvalue weighted by Gasteiger charge is -2.31. The molecule has 3 N–H and O–H groups in total. The van der Waals surface area contributed by atoms with Gasteiger partial charge in [-0.2, -0.15) is 0 Å². The van der Waals surface area contributed by atoms with Crippen LogP contribution in [-0.2, 0) is 0 Å². The summed E-state index contributed by atoms with van der Waals surface area (Å²) in [4.78, 5) is 9.04. The number of aliphatic imine (C=N–C) groups is 2. The van der Waals surface area contributed by atoms with Crippen molar-refractivity contribution >= 4 is 11.4 Å². The second kappa shape index (κ2) is 8.61. The molecular weight excluding hydrogens is 308 g/mol. The van der Waals surface area contributed by atoms with Gasteiger partial charge in [-0.1, -0.05) is 25.8 Å². The van der Waals surface area contributed by atoms with Gasteiger partial charge in [0.15, 0.2) is 0 Å². The average Bonchev–Trinajstić information content (AvgIpc) is 2.65. The van der Waals surface area contributed by atoms with Crippen LogP contribution in [0, 0.1) is 5.92 Å². The van der Waals surface area contributed by atoms with Crippen LogP contribution >= 0.6 is 0 Å². The third-order valence-electron chi connectivity index (χ3n) is 5.78. The number of hydrogen-bond donors (Lipinski definition) is 2. The molecule has 136 valence electrons. The lowest BCUT2D eigenvalue weighted by atomic mass is 9.80. The Kier molecular flexibility index (Phi) is 6.24. The van der Waals surface area contributed by atoms with E-state index in [9.17, 15) is 0 Å². The van der Waals surface area contributed by atoms with Crippen molar-refractivity contribution in [2.75, 3.05) is 7.05 Å². The van der Waals surface area contributed by atoms with Gasteiger partial charge < -0.3 is 11.1 Å². The highest BCUT2D eigenvalue weighted by Gasteiger charge is 2.26. The quantitative estimate of drug-likeness (QED) is 0.762. The van der Waals surface area contributed by atoms with Gasteiger partial charge in [0.05, 0.1) is 11.4 Å². The maximum absolute atomic E-state index is 6.06. The number of hydrogen-bond acceptors (Lipinski definition) is 4. The van der Waals surface area contributed by atoms with Gasteiger partial charge in [-0.15, -0.1) is 0 Å². The molecule has 4 nitrogen and oxygen atoms in total. The summed E-state index contributed by atoms with van der Waals surface area (Å²) in [5.74, 6) is 0.660. The zero-order valence-electron chi connectivity index (χ0n) is 15.5. The highest BCUT2D eigenvalue weighted by Crippen LogP contribution is 2.33. The Balaban J connectivity index is 1.84. The Morgan fingerprint density at radius 3 is 2.44 bits per heavy atom. The van der Waals surface area contributed by atoms with Crippen LogP contribution in [0.25, 0.3) is 0 Å². The fourth-order valence-electron chi connectivity index (χ4n) is 4.30. The molecule has 0 aromatic heterocycles. The van der Waals surface area contributed by atoms with Crippen molar-refractivity contribution in [3.8, 4) is 0 Å². The van der Waals surface area contributed by atoms with Gasteiger partial charge in [-0.25, -0.2) is 0 Å². The number of allylic oxidation sites excluding steroid dienone is 4. The molecule has 0 saturated heterocycles. The molecule has 2 saturated carbocycles. The van der Waals surface area contributed by atoms with E-state index in [0.717, 1.165) is 42.8 Å². The van der Waals surface area contributed by atoms with E-state index in [0.29, 0.717) is 18.0 Å². The van der Waals surface area contributed by atoms with Crippen LogP contribution in [0.5, 0.6) is 0 Å². The zero-order chi connectivity index (χ0) is 17.6. The van der Waals surface area contributed by atoms with Crippen LogP contribution in [0.4, 0.5) is 0 Å². The van der Waals surface area contributed by atoms with Crippen molar-refractivity contribution in [2.45, 2.75) is 69.9 Å². The highest BCUT2D eigenvalue weighted by molar-refractivity contribution is 6.53. The topological polar surface area (TPSA) is 62.8 Å². The first-order valence-corrected chi connectivity index (χ1v) is 9.83. The third-order valence-corrected chi connectivity index (χ3v) is 5.78. The van der Waals surface area contributed by atoms with E-state index >= 15 is 0 Å². The standard InChI is InChI=1S/C21H32N4/c1-3-24-21-19(23-2)13-16(15-7-5-4-6-8-15)14-20(21)25-18-11-9-17(22)10-12-18/h3,13-15,17-18,25H,1,4-12,22H2,2H3. The van der Waals surface area contributed by atoms with Gasteiger partial charge in [0.25, 0.3) is 0 Å². The van der Waals surface area contributed by atoms with E-state index in [1.165, 1.54) is 37.7 Å². The Morgan fingerprint density at radius 1 is 1.08 bits per heavy atom. The second-order valence-corrected chi connectivity index (χ2v) is 7.56. The number of nitrogens with two attached hydrogens (primary N) is 1. The molecule has 0 amide bonds. The maximum atomic E-state index is 6.06. The van der Waals surface area contributed by atoms with Crippen molar-refractivity contribution in [1.82, 2.24) is 5.32 Å². The van der Waals surface area contributed by atoms with E-state index in [4.69, 9.17) is 5.73 Å². The minimum absolute atomic E-state index is 0.366. The summed E-state index contributed by atoms with van der Waals surface area (Å²) in [6, 6.07) is 0.843. The molecule has 0 heterocycles. The lowest BCUT2D eigenvalue weighted by molar-refractivity contribution is 0.363. The maximum Gasteiger partial charge on any atom is 0.111 e. The summed E-state index contributed by atoms with van der Waals surface area (Å²) in [5.41, 5.74) is 10.5. The fraction of sp³-hybridized carbons (Fsp3) is 0.619. The largest absolute Gasteiger partial charge is 0.380 e. The lowest BCUT2D eigenvalue weighted by Crippen LogP contribution is -2.40. The number of rotatable bonds is 4. The molecule has 0 radical (unpaired) electrons. The Morgan fingerprint density at radius 2 is 1.80 bits per heavy atom. The van der Waals surface area contributed by atoms with Crippen molar-refractivity contribution in [1.29, 1.82) is 0 Å². The Hall–Kier alpha value is -1.68. The van der Waals surface area contributed by atoms with Crippen LogP contribution in [-0.4, -0.2) is 30.6 Å². The first kappa shape index (κ1) is 18.1. The van der Waals surface area contributed by atoms with E-state index in [1.54, 1.807) is 6.20 Å². The van der Waals surface area contributed by atoms with Crippen LogP contribution in [0.15, 0.2) is 46.2 Å². The van der Waals surface area contributed by atoms with Gasteiger partial charge in [-0.05, 0) is 62.2 Å². The molecular formula is C21H32N4. The minimum Gasteiger partial charge on any atom is -0.380 e. The summed E-state index contributed by atoms with van der Waals surface area (Å²) in [6.45, 7) is 3.79. The second-order valence-electron chi connectivity index (χ2n) is 7.56. The van der Waals surface area contributed by atoms with Crippen molar-refractivity contribution < 1.29 is 0 Å². The van der Waals surface area contributed by atoms with Crippen LogP contribution < -0.4 is 11.1 Å². The Labute approximate surface area is 152 Å². The van der Waals surface area contributed by atoms with Gasteiger partial charge in [0, 0.05) is 25.3 Å². The van der Waals surface area contributed by atoms with Gasteiger partial charge in [0.1, 0.15) is 5.71 Å². The molecule has 25 heavy (non-hydrogen) atoms. The predicted molar refractivity (Wildman–Crippen MR) is 107 cm³/mol. The molecule has 0 bridgehead atoms. The molecule has 3 aliphatic rings. The summed E-state index contributed by atoms with van der Waals surface area (Å²) < 4.78 is 0. The van der Waals surface area contributed by atoms with Crippen molar-refractivity contribution in [3.63, 3.8) is 0 Å². The molecule has 0 aliphatic heterocycles. The summed E-state index contributed by atoms with van der Waals surface area (Å²) in [6.07, 6.45) is 17.3. The van der Waals surface area contributed by atoms with Crippen LogP contribution in [0.1, 0.15) is 57.8 Å². The molecule has 0 aromatic carbocycles. The first-order valence-electron chi connectivity index (χ1n) is 9.83. The molecule has 0 spiro atoms. The molecule has 3 rings (SSSR count). The molecule has 0 atom stereocenters. The smallest absolute Gasteiger partial charge is 0.111 e. The third kappa shape index (κ3) is 4.49.